The summed E-state index contributed by atoms with van der Waals surface area (Å²) >= 11 is 11.0. The number of rotatable bonds is 4. The number of benzene rings is 1. The van der Waals surface area contributed by atoms with Crippen molar-refractivity contribution in [3.63, 3.8) is 0 Å². The standard InChI is InChI=1S/C12H15ClN2OS/c1-15(7-11(14)17)6-9-5-10(13)4-8-2-3-16-12(8)9/h4-5H,2-3,6-7H2,1H3,(H2,14,17). The number of hydrogen-bond donors (Lipinski definition) is 1. The Morgan fingerprint density at radius 1 is 1.59 bits per heavy atom. The van der Waals surface area contributed by atoms with Crippen molar-refractivity contribution < 1.29 is 4.74 Å². The smallest absolute Gasteiger partial charge is 0.127 e. The first kappa shape index (κ1) is 12.6. The molecule has 0 saturated carbocycles. The zero-order valence-corrected chi connectivity index (χ0v) is 11.3. The van der Waals surface area contributed by atoms with Crippen molar-refractivity contribution >= 4 is 28.8 Å². The summed E-state index contributed by atoms with van der Waals surface area (Å²) in [6.07, 6.45) is 0.932. The highest BCUT2D eigenvalue weighted by atomic mass is 35.5. The monoisotopic (exact) mass is 270 g/mol. The largest absolute Gasteiger partial charge is 0.493 e. The van der Waals surface area contributed by atoms with Gasteiger partial charge in [-0.3, -0.25) is 4.90 Å². The Morgan fingerprint density at radius 3 is 3.06 bits per heavy atom. The zero-order valence-electron chi connectivity index (χ0n) is 9.70. The van der Waals surface area contributed by atoms with Crippen molar-refractivity contribution in [1.82, 2.24) is 4.90 Å². The third-order valence-corrected chi connectivity index (χ3v) is 3.04. The van der Waals surface area contributed by atoms with Crippen LogP contribution in [0.15, 0.2) is 12.1 Å². The molecule has 2 rings (SSSR count). The Hall–Kier alpha value is -0.840. The van der Waals surface area contributed by atoms with E-state index in [1.54, 1.807) is 0 Å². The maximum atomic E-state index is 6.09. The van der Waals surface area contributed by atoms with Gasteiger partial charge in [0.1, 0.15) is 5.75 Å². The Balaban J connectivity index is 2.18. The molecule has 0 amide bonds. The van der Waals surface area contributed by atoms with Crippen LogP contribution in [-0.4, -0.2) is 30.1 Å². The molecule has 0 fully saturated rings. The number of hydrogen-bond acceptors (Lipinski definition) is 3. The first-order valence-electron chi connectivity index (χ1n) is 5.47. The van der Waals surface area contributed by atoms with Gasteiger partial charge >= 0.3 is 0 Å². The molecule has 1 aromatic carbocycles. The molecule has 0 bridgehead atoms. The Labute approximate surface area is 111 Å². The van der Waals surface area contributed by atoms with Gasteiger partial charge in [0.25, 0.3) is 0 Å². The van der Waals surface area contributed by atoms with E-state index in [2.05, 4.69) is 4.90 Å². The quantitative estimate of drug-likeness (QED) is 0.850. The van der Waals surface area contributed by atoms with Gasteiger partial charge in [0.2, 0.25) is 0 Å². The minimum atomic E-state index is 0.493. The highest BCUT2D eigenvalue weighted by Crippen LogP contribution is 2.33. The SMILES string of the molecule is CN(CC(N)=S)Cc1cc(Cl)cc2c1OCC2. The Kier molecular flexibility index (Phi) is 3.86. The second-order valence-corrected chi connectivity index (χ2v) is 5.25. The highest BCUT2D eigenvalue weighted by Gasteiger charge is 2.18. The van der Waals surface area contributed by atoms with Crippen LogP contribution in [0.2, 0.25) is 5.02 Å². The molecule has 0 saturated heterocycles. The number of thiocarbonyl (C=S) groups is 1. The summed E-state index contributed by atoms with van der Waals surface area (Å²) < 4.78 is 5.64. The van der Waals surface area contributed by atoms with Gasteiger partial charge in [-0.1, -0.05) is 23.8 Å². The second-order valence-electron chi connectivity index (χ2n) is 4.29. The molecule has 17 heavy (non-hydrogen) atoms. The van der Waals surface area contributed by atoms with E-state index >= 15 is 0 Å². The van der Waals surface area contributed by atoms with Crippen LogP contribution in [0.5, 0.6) is 5.75 Å². The highest BCUT2D eigenvalue weighted by molar-refractivity contribution is 7.80. The third kappa shape index (κ3) is 3.09. The molecule has 1 heterocycles. The van der Waals surface area contributed by atoms with Gasteiger partial charge in [0, 0.05) is 30.1 Å². The lowest BCUT2D eigenvalue weighted by Gasteiger charge is -2.17. The number of likely N-dealkylation sites (N-methyl/N-ethyl adjacent to an activating group) is 1. The molecule has 0 aromatic heterocycles. The minimum absolute atomic E-state index is 0.493. The second kappa shape index (κ2) is 5.21. The summed E-state index contributed by atoms with van der Waals surface area (Å²) in [6, 6.07) is 3.92. The molecule has 92 valence electrons. The zero-order chi connectivity index (χ0) is 12.4. The van der Waals surface area contributed by atoms with Gasteiger partial charge in [0.05, 0.1) is 11.6 Å². The molecular formula is C12H15ClN2OS. The number of ether oxygens (including phenoxy) is 1. The maximum absolute atomic E-state index is 6.09. The van der Waals surface area contributed by atoms with E-state index in [0.717, 1.165) is 35.9 Å². The Morgan fingerprint density at radius 2 is 2.35 bits per heavy atom. The number of nitrogens with two attached hydrogens (primary N) is 1. The van der Waals surface area contributed by atoms with E-state index < -0.39 is 0 Å². The van der Waals surface area contributed by atoms with Crippen LogP contribution in [-0.2, 0) is 13.0 Å². The summed E-state index contributed by atoms with van der Waals surface area (Å²) in [6.45, 7) is 2.07. The van der Waals surface area contributed by atoms with Gasteiger partial charge in [-0.15, -0.1) is 0 Å². The molecule has 0 aliphatic carbocycles. The van der Waals surface area contributed by atoms with Crippen molar-refractivity contribution in [3.05, 3.63) is 28.3 Å². The van der Waals surface area contributed by atoms with Crippen LogP contribution in [0.4, 0.5) is 0 Å². The maximum Gasteiger partial charge on any atom is 0.127 e. The number of fused-ring (bicyclic) bond motifs is 1. The summed E-state index contributed by atoms with van der Waals surface area (Å²) in [4.78, 5) is 2.54. The fraction of sp³-hybridized carbons (Fsp3) is 0.417. The van der Waals surface area contributed by atoms with Crippen LogP contribution in [0.3, 0.4) is 0 Å². The molecule has 0 unspecified atom stereocenters. The number of nitrogens with zero attached hydrogens (tertiary/aromatic N) is 1. The molecule has 5 heteroatoms. The number of halogens is 1. The molecule has 0 spiro atoms. The van der Waals surface area contributed by atoms with Crippen molar-refractivity contribution in [2.45, 2.75) is 13.0 Å². The molecule has 3 nitrogen and oxygen atoms in total. The molecule has 1 aliphatic rings. The van der Waals surface area contributed by atoms with E-state index in [1.165, 1.54) is 5.56 Å². The third-order valence-electron chi connectivity index (χ3n) is 2.69. The fourth-order valence-electron chi connectivity index (χ4n) is 2.08. The van der Waals surface area contributed by atoms with E-state index in [-0.39, 0.29) is 0 Å². The van der Waals surface area contributed by atoms with E-state index in [1.807, 2.05) is 19.2 Å². The van der Waals surface area contributed by atoms with Crippen molar-refractivity contribution in [2.75, 3.05) is 20.2 Å². The molecule has 0 radical (unpaired) electrons. The van der Waals surface area contributed by atoms with Crippen LogP contribution >= 0.6 is 23.8 Å². The molecule has 2 N–H and O–H groups in total. The van der Waals surface area contributed by atoms with Crippen LogP contribution < -0.4 is 10.5 Å². The predicted octanol–water partition coefficient (Wildman–Crippen LogP) is 1.99. The summed E-state index contributed by atoms with van der Waals surface area (Å²) in [5.41, 5.74) is 7.81. The van der Waals surface area contributed by atoms with E-state index in [9.17, 15) is 0 Å². The van der Waals surface area contributed by atoms with E-state index in [4.69, 9.17) is 34.3 Å². The molecule has 0 atom stereocenters. The molecule has 1 aromatic rings. The lowest BCUT2D eigenvalue weighted by Crippen LogP contribution is -2.29. The van der Waals surface area contributed by atoms with Gasteiger partial charge in [-0.25, -0.2) is 0 Å². The molecular weight excluding hydrogens is 256 g/mol. The summed E-state index contributed by atoms with van der Waals surface area (Å²) in [7, 11) is 1.97. The van der Waals surface area contributed by atoms with Gasteiger partial charge in [-0.2, -0.15) is 0 Å². The fourth-order valence-corrected chi connectivity index (χ4v) is 2.56. The topological polar surface area (TPSA) is 38.5 Å². The normalized spacial score (nSPS) is 13.6. The van der Waals surface area contributed by atoms with E-state index in [0.29, 0.717) is 11.5 Å². The molecule has 1 aliphatic heterocycles. The lowest BCUT2D eigenvalue weighted by atomic mass is 10.1. The average Bonchev–Trinajstić information content (AvgIpc) is 2.63. The van der Waals surface area contributed by atoms with Crippen LogP contribution in [0, 0.1) is 0 Å². The van der Waals surface area contributed by atoms with Crippen molar-refractivity contribution in [1.29, 1.82) is 0 Å². The average molecular weight is 271 g/mol. The lowest BCUT2D eigenvalue weighted by molar-refractivity contribution is 0.333. The Bertz CT molecular complexity index is 450. The van der Waals surface area contributed by atoms with Crippen molar-refractivity contribution in [2.24, 2.45) is 5.73 Å². The van der Waals surface area contributed by atoms with Crippen molar-refractivity contribution in [3.8, 4) is 5.75 Å². The van der Waals surface area contributed by atoms with Crippen LogP contribution in [0.1, 0.15) is 11.1 Å². The van der Waals surface area contributed by atoms with Gasteiger partial charge < -0.3 is 10.5 Å². The van der Waals surface area contributed by atoms with Crippen LogP contribution in [0.25, 0.3) is 0 Å². The predicted molar refractivity (Wildman–Crippen MR) is 73.8 cm³/mol. The first-order chi connectivity index (χ1) is 8.06. The van der Waals surface area contributed by atoms with Gasteiger partial charge in [0.15, 0.2) is 0 Å². The summed E-state index contributed by atoms with van der Waals surface area (Å²) in [5, 5.41) is 0.757. The first-order valence-corrected chi connectivity index (χ1v) is 6.26. The minimum Gasteiger partial charge on any atom is -0.493 e. The van der Waals surface area contributed by atoms with Gasteiger partial charge in [-0.05, 0) is 24.7 Å². The summed E-state index contributed by atoms with van der Waals surface area (Å²) in [5.74, 6) is 0.976.